The van der Waals surface area contributed by atoms with Crippen LogP contribution in [-0.2, 0) is 0 Å². The van der Waals surface area contributed by atoms with E-state index in [0.717, 1.165) is 36.2 Å². The molecule has 2 bridgehead atoms. The Hall–Kier alpha value is -1.44. The van der Waals surface area contributed by atoms with E-state index in [-0.39, 0.29) is 11.9 Å². The highest BCUT2D eigenvalue weighted by Crippen LogP contribution is 2.36. The summed E-state index contributed by atoms with van der Waals surface area (Å²) < 4.78 is 27.6. The fraction of sp³-hybridized carbons (Fsp3) is 0.421. The van der Waals surface area contributed by atoms with Gasteiger partial charge in [-0.1, -0.05) is 11.8 Å². The van der Waals surface area contributed by atoms with Gasteiger partial charge in [0.25, 0.3) is 5.91 Å². The molecule has 0 spiro atoms. The predicted molar refractivity (Wildman–Crippen MR) is 99.8 cm³/mol. The Bertz CT molecular complexity index is 816. The van der Waals surface area contributed by atoms with Crippen molar-refractivity contribution in [2.75, 3.05) is 13.1 Å². The van der Waals surface area contributed by atoms with Crippen molar-refractivity contribution in [1.29, 1.82) is 0 Å². The molecule has 0 saturated carbocycles. The lowest BCUT2D eigenvalue weighted by Crippen LogP contribution is -2.62. The van der Waals surface area contributed by atoms with Crippen molar-refractivity contribution >= 4 is 29.0 Å². The summed E-state index contributed by atoms with van der Waals surface area (Å²) in [7, 11) is 0. The highest BCUT2D eigenvalue weighted by atomic mass is 32.2. The van der Waals surface area contributed by atoms with Gasteiger partial charge in [0.2, 0.25) is 0 Å². The SMILES string of the molecule is C[C@H]1[C@H](NC(=O)c2ccc(Sc3ccc(F)cc3F)s2)C2CCN1CC2. The molecule has 26 heavy (non-hydrogen) atoms. The molecule has 7 heteroatoms. The lowest BCUT2D eigenvalue weighted by Gasteiger charge is -2.49. The lowest BCUT2D eigenvalue weighted by atomic mass is 9.79. The molecule has 0 unspecified atom stereocenters. The van der Waals surface area contributed by atoms with Crippen LogP contribution in [-0.4, -0.2) is 36.0 Å². The average Bonchev–Trinajstić information content (AvgIpc) is 3.09. The van der Waals surface area contributed by atoms with Crippen LogP contribution in [0.2, 0.25) is 0 Å². The van der Waals surface area contributed by atoms with Crippen LogP contribution in [0.1, 0.15) is 29.4 Å². The Morgan fingerprint density at radius 2 is 2.00 bits per heavy atom. The van der Waals surface area contributed by atoms with Gasteiger partial charge >= 0.3 is 0 Å². The molecule has 3 aliphatic heterocycles. The van der Waals surface area contributed by atoms with Crippen LogP contribution in [0.3, 0.4) is 0 Å². The molecule has 1 amide bonds. The van der Waals surface area contributed by atoms with Gasteiger partial charge < -0.3 is 5.32 Å². The number of hydrogen-bond acceptors (Lipinski definition) is 4. The highest BCUT2D eigenvalue weighted by molar-refractivity contribution is 8.01. The van der Waals surface area contributed by atoms with Gasteiger partial charge in [0.05, 0.1) is 9.09 Å². The van der Waals surface area contributed by atoms with Crippen LogP contribution in [0.25, 0.3) is 0 Å². The number of halogens is 2. The normalized spacial score (nSPS) is 27.5. The number of nitrogens with one attached hydrogen (secondary N) is 1. The van der Waals surface area contributed by atoms with Crippen LogP contribution in [0.4, 0.5) is 8.78 Å². The second-order valence-corrected chi connectivity index (χ2v) is 9.33. The number of hydrogen-bond donors (Lipinski definition) is 1. The number of benzene rings is 1. The first kappa shape index (κ1) is 17.9. The van der Waals surface area contributed by atoms with E-state index in [4.69, 9.17) is 0 Å². The second kappa shape index (κ2) is 7.29. The zero-order valence-electron chi connectivity index (χ0n) is 14.4. The predicted octanol–water partition coefficient (Wildman–Crippen LogP) is 4.39. The maximum absolute atomic E-state index is 13.8. The fourth-order valence-electron chi connectivity index (χ4n) is 3.93. The third-order valence-electron chi connectivity index (χ3n) is 5.39. The van der Waals surface area contributed by atoms with Crippen LogP contribution >= 0.6 is 23.1 Å². The molecular formula is C19H20F2N2OS2. The maximum Gasteiger partial charge on any atom is 0.261 e. The van der Waals surface area contributed by atoms with Crippen LogP contribution in [0.15, 0.2) is 39.4 Å². The minimum atomic E-state index is -0.593. The Balaban J connectivity index is 1.43. The second-order valence-electron chi connectivity index (χ2n) is 6.91. The standard InChI is InChI=1S/C19H20F2N2OS2/c1-11-18(12-6-8-23(11)9-7-12)22-19(24)16-4-5-17(26-16)25-15-3-2-13(20)10-14(15)21/h2-5,10-12,18H,6-9H2,1H3,(H,22,24)/t11-,18-/m0/s1. The van der Waals surface area contributed by atoms with E-state index in [1.807, 2.05) is 6.07 Å². The molecule has 4 heterocycles. The summed E-state index contributed by atoms with van der Waals surface area (Å²) in [4.78, 5) is 16.1. The monoisotopic (exact) mass is 394 g/mol. The number of rotatable bonds is 4. The van der Waals surface area contributed by atoms with Crippen molar-refractivity contribution in [2.45, 2.75) is 41.0 Å². The quantitative estimate of drug-likeness (QED) is 0.835. The van der Waals surface area contributed by atoms with Gasteiger partial charge in [-0.25, -0.2) is 8.78 Å². The summed E-state index contributed by atoms with van der Waals surface area (Å²) in [6, 6.07) is 7.68. The average molecular weight is 395 g/mol. The van der Waals surface area contributed by atoms with Crippen molar-refractivity contribution in [2.24, 2.45) is 5.92 Å². The van der Waals surface area contributed by atoms with Crippen molar-refractivity contribution in [3.63, 3.8) is 0 Å². The number of carbonyl (C=O) groups is 1. The smallest absolute Gasteiger partial charge is 0.261 e. The first-order valence-electron chi connectivity index (χ1n) is 8.79. The molecule has 1 aromatic carbocycles. The lowest BCUT2D eigenvalue weighted by molar-refractivity contribution is 0.0218. The van der Waals surface area contributed by atoms with Gasteiger partial charge in [0, 0.05) is 23.0 Å². The Morgan fingerprint density at radius 1 is 1.23 bits per heavy atom. The van der Waals surface area contributed by atoms with Gasteiger partial charge in [0.15, 0.2) is 0 Å². The van der Waals surface area contributed by atoms with Gasteiger partial charge in [-0.2, -0.15) is 0 Å². The number of piperidine rings is 3. The summed E-state index contributed by atoms with van der Waals surface area (Å²) in [6.45, 7) is 4.44. The third kappa shape index (κ3) is 3.52. The molecule has 3 saturated heterocycles. The first-order valence-corrected chi connectivity index (χ1v) is 10.4. The molecule has 2 aromatic rings. The zero-order valence-corrected chi connectivity index (χ0v) is 16.0. The van der Waals surface area contributed by atoms with Crippen molar-refractivity contribution in [3.8, 4) is 0 Å². The van der Waals surface area contributed by atoms with Gasteiger partial charge in [-0.3, -0.25) is 9.69 Å². The van der Waals surface area contributed by atoms with Crippen LogP contribution in [0, 0.1) is 17.6 Å². The largest absolute Gasteiger partial charge is 0.347 e. The van der Waals surface area contributed by atoms with E-state index in [1.165, 1.54) is 35.2 Å². The molecule has 0 aliphatic carbocycles. The number of carbonyl (C=O) groups excluding carboxylic acids is 1. The van der Waals surface area contributed by atoms with E-state index in [1.54, 1.807) is 6.07 Å². The molecule has 0 radical (unpaired) electrons. The topological polar surface area (TPSA) is 32.3 Å². The van der Waals surface area contributed by atoms with E-state index >= 15 is 0 Å². The maximum atomic E-state index is 13.8. The van der Waals surface area contributed by atoms with Crippen molar-refractivity contribution < 1.29 is 13.6 Å². The summed E-state index contributed by atoms with van der Waals surface area (Å²) in [5, 5.41) is 3.21. The van der Waals surface area contributed by atoms with Crippen molar-refractivity contribution in [1.82, 2.24) is 10.2 Å². The van der Waals surface area contributed by atoms with Crippen LogP contribution in [0.5, 0.6) is 0 Å². The van der Waals surface area contributed by atoms with Gasteiger partial charge in [-0.05, 0) is 63.0 Å². The number of thiophene rings is 1. The summed E-state index contributed by atoms with van der Waals surface area (Å²) in [5.74, 6) is -0.687. The number of nitrogens with zero attached hydrogens (tertiary/aromatic N) is 1. The molecular weight excluding hydrogens is 374 g/mol. The first-order chi connectivity index (χ1) is 12.5. The molecule has 3 fully saturated rings. The fourth-order valence-corrected chi connectivity index (χ4v) is 5.92. The van der Waals surface area contributed by atoms with E-state index in [2.05, 4.69) is 17.1 Å². The van der Waals surface area contributed by atoms with Crippen LogP contribution < -0.4 is 5.32 Å². The number of amides is 1. The Kier molecular flexibility index (Phi) is 5.03. The third-order valence-corrected chi connectivity index (χ3v) is 7.65. The summed E-state index contributed by atoms with van der Waals surface area (Å²) >= 11 is 2.54. The van der Waals surface area contributed by atoms with E-state index in [9.17, 15) is 13.6 Å². The molecule has 3 nitrogen and oxygen atoms in total. The Morgan fingerprint density at radius 3 is 2.69 bits per heavy atom. The summed E-state index contributed by atoms with van der Waals surface area (Å²) in [6.07, 6.45) is 2.29. The minimum Gasteiger partial charge on any atom is -0.347 e. The van der Waals surface area contributed by atoms with E-state index < -0.39 is 11.6 Å². The van der Waals surface area contributed by atoms with Gasteiger partial charge in [0.1, 0.15) is 11.6 Å². The molecule has 5 rings (SSSR count). The molecule has 1 aromatic heterocycles. The van der Waals surface area contributed by atoms with E-state index in [0.29, 0.717) is 21.7 Å². The minimum absolute atomic E-state index is 0.0629. The summed E-state index contributed by atoms with van der Waals surface area (Å²) in [5.41, 5.74) is 0. The molecule has 1 N–H and O–H groups in total. The molecule has 138 valence electrons. The Labute approximate surface area is 159 Å². The molecule has 2 atom stereocenters. The van der Waals surface area contributed by atoms with Gasteiger partial charge in [-0.15, -0.1) is 11.3 Å². The molecule has 3 aliphatic rings. The number of fused-ring (bicyclic) bond motifs is 3. The highest BCUT2D eigenvalue weighted by Gasteiger charge is 2.40. The zero-order chi connectivity index (χ0) is 18.3. The van der Waals surface area contributed by atoms with Crippen molar-refractivity contribution in [3.05, 3.63) is 46.8 Å².